The number of hydrogen-bond donors (Lipinski definition) is 1. The molecular formula is C24H42O4. The van der Waals surface area contributed by atoms with E-state index in [-0.39, 0.29) is 17.8 Å². The second-order valence-electron chi connectivity index (χ2n) is 8.22. The molecule has 0 radical (unpaired) electrons. The second kappa shape index (κ2) is 14.8. The zero-order valence-corrected chi connectivity index (χ0v) is 18.3. The quantitative estimate of drug-likeness (QED) is 0.222. The summed E-state index contributed by atoms with van der Waals surface area (Å²) in [6.07, 6.45) is 15.0. The van der Waals surface area contributed by atoms with Gasteiger partial charge in [0.1, 0.15) is 5.78 Å². The Bertz CT molecular complexity index is 471. The van der Waals surface area contributed by atoms with Crippen molar-refractivity contribution in [2.24, 2.45) is 17.8 Å². The molecule has 1 N–H and O–H groups in total. The minimum absolute atomic E-state index is 0.110. The summed E-state index contributed by atoms with van der Waals surface area (Å²) in [5.74, 6) is 0.996. The number of allylic oxidation sites excluding steroid dienone is 1. The van der Waals surface area contributed by atoms with Gasteiger partial charge in [0.15, 0.2) is 0 Å². The van der Waals surface area contributed by atoms with E-state index in [1.54, 1.807) is 0 Å². The van der Waals surface area contributed by atoms with Crippen LogP contribution in [0.2, 0.25) is 0 Å². The molecule has 162 valence electrons. The normalized spacial score (nSPS) is 21.9. The molecule has 0 amide bonds. The molecule has 4 heteroatoms. The maximum atomic E-state index is 12.3. The van der Waals surface area contributed by atoms with Gasteiger partial charge in [0.25, 0.3) is 0 Å². The fourth-order valence-electron chi connectivity index (χ4n) is 4.26. The maximum absolute atomic E-state index is 12.3. The first-order valence-corrected chi connectivity index (χ1v) is 11.6. The predicted octanol–water partition coefficient (Wildman–Crippen LogP) is 5.62. The van der Waals surface area contributed by atoms with E-state index in [4.69, 9.17) is 4.74 Å². The van der Waals surface area contributed by atoms with Gasteiger partial charge in [-0.25, -0.2) is 0 Å². The van der Waals surface area contributed by atoms with Gasteiger partial charge in [0.05, 0.1) is 12.7 Å². The molecule has 0 aromatic rings. The van der Waals surface area contributed by atoms with Crippen LogP contribution in [0.1, 0.15) is 97.8 Å². The minimum Gasteiger partial charge on any atom is -0.466 e. The Balaban J connectivity index is 2.36. The summed E-state index contributed by atoms with van der Waals surface area (Å²) >= 11 is 0. The molecule has 0 aliphatic heterocycles. The molecule has 1 aliphatic carbocycles. The first-order valence-electron chi connectivity index (χ1n) is 11.6. The zero-order valence-electron chi connectivity index (χ0n) is 18.3. The Morgan fingerprint density at radius 3 is 2.61 bits per heavy atom. The number of Topliss-reactive ketones (excluding diaryl/α,β-unsaturated/α-hetero) is 1. The lowest BCUT2D eigenvalue weighted by Gasteiger charge is -2.20. The molecule has 0 bridgehead atoms. The molecule has 1 rings (SSSR count). The molecule has 0 aromatic carbocycles. The lowest BCUT2D eigenvalue weighted by Crippen LogP contribution is -2.19. The number of ether oxygens (including phenoxy) is 1. The van der Waals surface area contributed by atoms with Crippen LogP contribution in [0.4, 0.5) is 0 Å². The van der Waals surface area contributed by atoms with Crippen molar-refractivity contribution in [1.82, 2.24) is 0 Å². The molecule has 1 fully saturated rings. The van der Waals surface area contributed by atoms with E-state index in [2.05, 4.69) is 19.9 Å². The van der Waals surface area contributed by atoms with Gasteiger partial charge in [-0.1, -0.05) is 64.5 Å². The van der Waals surface area contributed by atoms with Crippen molar-refractivity contribution in [3.05, 3.63) is 12.2 Å². The third kappa shape index (κ3) is 9.36. The number of carbonyl (C=O) groups is 2. The zero-order chi connectivity index (χ0) is 20.8. The van der Waals surface area contributed by atoms with Gasteiger partial charge in [-0.05, 0) is 44.4 Å². The van der Waals surface area contributed by atoms with Gasteiger partial charge < -0.3 is 9.84 Å². The summed E-state index contributed by atoms with van der Waals surface area (Å²) in [6, 6.07) is 0. The van der Waals surface area contributed by atoms with E-state index in [9.17, 15) is 14.7 Å². The monoisotopic (exact) mass is 394 g/mol. The van der Waals surface area contributed by atoms with Gasteiger partial charge in [-0.2, -0.15) is 0 Å². The Kier molecular flexibility index (Phi) is 13.1. The van der Waals surface area contributed by atoms with E-state index in [1.807, 2.05) is 13.0 Å². The van der Waals surface area contributed by atoms with E-state index in [0.717, 1.165) is 64.2 Å². The number of hydrogen-bond acceptors (Lipinski definition) is 4. The van der Waals surface area contributed by atoms with Crippen molar-refractivity contribution in [2.75, 3.05) is 6.61 Å². The Labute approximate surface area is 172 Å². The van der Waals surface area contributed by atoms with Gasteiger partial charge in [0, 0.05) is 18.8 Å². The van der Waals surface area contributed by atoms with Crippen molar-refractivity contribution in [2.45, 2.75) is 104 Å². The molecule has 2 unspecified atom stereocenters. The van der Waals surface area contributed by atoms with Gasteiger partial charge >= 0.3 is 5.97 Å². The molecule has 1 aliphatic rings. The van der Waals surface area contributed by atoms with Gasteiger partial charge in [-0.3, -0.25) is 9.59 Å². The summed E-state index contributed by atoms with van der Waals surface area (Å²) in [7, 11) is 0. The van der Waals surface area contributed by atoms with E-state index >= 15 is 0 Å². The molecule has 28 heavy (non-hydrogen) atoms. The van der Waals surface area contributed by atoms with Crippen molar-refractivity contribution in [3.63, 3.8) is 0 Å². The highest BCUT2D eigenvalue weighted by molar-refractivity contribution is 5.83. The summed E-state index contributed by atoms with van der Waals surface area (Å²) < 4.78 is 4.94. The second-order valence-corrected chi connectivity index (χ2v) is 8.22. The SMILES string of the molecule is CCCCC(CC)[C@@H](O)/C=C/C1CCC(=O)[C@@H]1CCCCCCC(=O)OCC. The van der Waals surface area contributed by atoms with E-state index < -0.39 is 6.10 Å². The average Bonchev–Trinajstić information content (AvgIpc) is 3.03. The first-order chi connectivity index (χ1) is 13.5. The third-order valence-corrected chi connectivity index (χ3v) is 6.10. The van der Waals surface area contributed by atoms with Crippen LogP contribution in [-0.4, -0.2) is 29.6 Å². The average molecular weight is 395 g/mol. The molecule has 0 saturated heterocycles. The van der Waals surface area contributed by atoms with Crippen LogP contribution < -0.4 is 0 Å². The number of aliphatic hydroxyl groups excluding tert-OH is 1. The molecule has 4 nitrogen and oxygen atoms in total. The largest absolute Gasteiger partial charge is 0.466 e. The van der Waals surface area contributed by atoms with Crippen molar-refractivity contribution < 1.29 is 19.4 Å². The predicted molar refractivity (Wildman–Crippen MR) is 114 cm³/mol. The van der Waals surface area contributed by atoms with Crippen molar-refractivity contribution in [3.8, 4) is 0 Å². The highest BCUT2D eigenvalue weighted by Gasteiger charge is 2.32. The number of esters is 1. The van der Waals surface area contributed by atoms with Crippen LogP contribution in [-0.2, 0) is 14.3 Å². The van der Waals surface area contributed by atoms with E-state index in [0.29, 0.717) is 31.1 Å². The fraction of sp³-hybridized carbons (Fsp3) is 0.833. The summed E-state index contributed by atoms with van der Waals surface area (Å²) in [5.41, 5.74) is 0. The highest BCUT2D eigenvalue weighted by atomic mass is 16.5. The summed E-state index contributed by atoms with van der Waals surface area (Å²) in [5, 5.41) is 10.5. The maximum Gasteiger partial charge on any atom is 0.305 e. The van der Waals surface area contributed by atoms with Gasteiger partial charge in [-0.15, -0.1) is 0 Å². The highest BCUT2D eigenvalue weighted by Crippen LogP contribution is 2.34. The van der Waals surface area contributed by atoms with Crippen molar-refractivity contribution >= 4 is 11.8 Å². The van der Waals surface area contributed by atoms with Crippen LogP contribution >= 0.6 is 0 Å². The lowest BCUT2D eigenvalue weighted by atomic mass is 9.87. The number of ketones is 1. The number of rotatable bonds is 15. The molecule has 0 aromatic heterocycles. The molecule has 0 spiro atoms. The number of aliphatic hydroxyl groups is 1. The van der Waals surface area contributed by atoms with E-state index in [1.165, 1.54) is 0 Å². The molecule has 0 heterocycles. The fourth-order valence-corrected chi connectivity index (χ4v) is 4.26. The molecule has 4 atom stereocenters. The Hall–Kier alpha value is -1.16. The van der Waals surface area contributed by atoms with Crippen LogP contribution in [0.5, 0.6) is 0 Å². The van der Waals surface area contributed by atoms with Gasteiger partial charge in [0.2, 0.25) is 0 Å². The Morgan fingerprint density at radius 2 is 1.93 bits per heavy atom. The number of carbonyl (C=O) groups excluding carboxylic acids is 2. The molecule has 1 saturated carbocycles. The van der Waals surface area contributed by atoms with Crippen LogP contribution in [0.3, 0.4) is 0 Å². The lowest BCUT2D eigenvalue weighted by molar-refractivity contribution is -0.143. The smallest absolute Gasteiger partial charge is 0.305 e. The Morgan fingerprint density at radius 1 is 1.18 bits per heavy atom. The van der Waals surface area contributed by atoms with Crippen LogP contribution in [0.15, 0.2) is 12.2 Å². The standard InChI is InChI=1S/C24H42O4/c1-4-7-12-19(5-2)22(25)17-15-20-16-18-23(26)21(20)13-10-8-9-11-14-24(27)28-6-3/h15,17,19-22,25H,4-14,16,18H2,1-3H3/b17-15+/t19?,20?,21-,22+/m1/s1. The van der Waals surface area contributed by atoms with Crippen molar-refractivity contribution in [1.29, 1.82) is 0 Å². The summed E-state index contributed by atoms with van der Waals surface area (Å²) in [4.78, 5) is 23.6. The first kappa shape index (κ1) is 24.9. The number of unbranched alkanes of at least 4 members (excludes halogenated alkanes) is 4. The minimum atomic E-state index is -0.393. The third-order valence-electron chi connectivity index (χ3n) is 6.10. The molecular weight excluding hydrogens is 352 g/mol. The summed E-state index contributed by atoms with van der Waals surface area (Å²) in [6.45, 7) is 6.60. The van der Waals surface area contributed by atoms with Crippen LogP contribution in [0.25, 0.3) is 0 Å². The van der Waals surface area contributed by atoms with Crippen LogP contribution in [0, 0.1) is 17.8 Å². The topological polar surface area (TPSA) is 63.6 Å².